The molecule has 2 aromatic rings. The molecule has 1 atom stereocenters. The van der Waals surface area contributed by atoms with Crippen LogP contribution in [0.1, 0.15) is 38.2 Å². The number of nitrogens with zero attached hydrogens (tertiary/aromatic N) is 1. The number of carbonyl (C=O) groups is 2. The molecule has 0 radical (unpaired) electrons. The van der Waals surface area contributed by atoms with Crippen molar-refractivity contribution in [2.45, 2.75) is 51.2 Å². The van der Waals surface area contributed by atoms with E-state index in [4.69, 9.17) is 32.7 Å². The molecule has 0 aromatic heterocycles. The Hall–Kier alpha value is -2.44. The summed E-state index contributed by atoms with van der Waals surface area (Å²) in [6.45, 7) is 1.53. The number of amides is 2. The minimum atomic E-state index is -0.725. The van der Waals surface area contributed by atoms with Crippen LogP contribution in [0.5, 0.6) is 11.5 Å². The van der Waals surface area contributed by atoms with Gasteiger partial charge in [-0.15, -0.1) is 0 Å². The van der Waals surface area contributed by atoms with E-state index >= 15 is 0 Å². The van der Waals surface area contributed by atoms with Gasteiger partial charge in [-0.2, -0.15) is 0 Å². The van der Waals surface area contributed by atoms with Crippen molar-refractivity contribution < 1.29 is 19.1 Å². The Morgan fingerprint density at radius 1 is 1.06 bits per heavy atom. The maximum atomic E-state index is 13.2. The zero-order valence-corrected chi connectivity index (χ0v) is 19.8. The molecule has 172 valence electrons. The van der Waals surface area contributed by atoms with Gasteiger partial charge >= 0.3 is 0 Å². The van der Waals surface area contributed by atoms with Crippen LogP contribution in [0, 0.1) is 0 Å². The lowest BCUT2D eigenvalue weighted by atomic mass is 10.1. The van der Waals surface area contributed by atoms with Gasteiger partial charge in [-0.25, -0.2) is 0 Å². The first kappa shape index (κ1) is 24.2. The highest BCUT2D eigenvalue weighted by atomic mass is 35.5. The third-order valence-corrected chi connectivity index (χ3v) is 6.39. The summed E-state index contributed by atoms with van der Waals surface area (Å²) in [7, 11) is 1.53. The molecule has 1 saturated carbocycles. The van der Waals surface area contributed by atoms with Gasteiger partial charge in [-0.1, -0.05) is 54.2 Å². The van der Waals surface area contributed by atoms with Crippen molar-refractivity contribution >= 4 is 35.0 Å². The first-order chi connectivity index (χ1) is 15.4. The van der Waals surface area contributed by atoms with Gasteiger partial charge in [0.2, 0.25) is 5.91 Å². The fraction of sp³-hybridized carbons (Fsp3) is 0.417. The van der Waals surface area contributed by atoms with Crippen LogP contribution in [0.3, 0.4) is 0 Å². The number of ether oxygens (including phenoxy) is 2. The van der Waals surface area contributed by atoms with E-state index in [1.165, 1.54) is 12.0 Å². The van der Waals surface area contributed by atoms with Crippen molar-refractivity contribution in [1.29, 1.82) is 0 Å². The van der Waals surface area contributed by atoms with Crippen molar-refractivity contribution in [3.05, 3.63) is 58.1 Å². The second-order valence-corrected chi connectivity index (χ2v) is 8.64. The smallest absolute Gasteiger partial charge is 0.261 e. The molecule has 0 aliphatic heterocycles. The van der Waals surface area contributed by atoms with Crippen LogP contribution in [0.15, 0.2) is 42.5 Å². The van der Waals surface area contributed by atoms with Gasteiger partial charge in [0, 0.05) is 28.2 Å². The van der Waals surface area contributed by atoms with Crippen molar-refractivity contribution in [3.63, 3.8) is 0 Å². The molecule has 0 heterocycles. The van der Waals surface area contributed by atoms with Crippen molar-refractivity contribution in [2.75, 3.05) is 13.7 Å². The molecule has 2 aromatic carbocycles. The van der Waals surface area contributed by atoms with Crippen LogP contribution in [-0.2, 0) is 16.1 Å². The van der Waals surface area contributed by atoms with Gasteiger partial charge in [0.1, 0.15) is 6.04 Å². The Bertz CT molecular complexity index is 927. The fourth-order valence-corrected chi connectivity index (χ4v) is 4.31. The van der Waals surface area contributed by atoms with E-state index in [0.717, 1.165) is 25.7 Å². The summed E-state index contributed by atoms with van der Waals surface area (Å²) in [5.74, 6) is 0.404. The van der Waals surface area contributed by atoms with Crippen molar-refractivity contribution in [3.8, 4) is 11.5 Å². The van der Waals surface area contributed by atoms with Gasteiger partial charge in [-0.05, 0) is 44.0 Å². The van der Waals surface area contributed by atoms with Crippen molar-refractivity contribution in [1.82, 2.24) is 10.2 Å². The number of methoxy groups -OCH3 is 1. The van der Waals surface area contributed by atoms with Crippen LogP contribution in [0.4, 0.5) is 0 Å². The number of nitrogens with one attached hydrogen (secondary N) is 1. The molecule has 0 bridgehead atoms. The van der Waals surface area contributed by atoms with Gasteiger partial charge in [-0.3, -0.25) is 9.59 Å². The SMILES string of the molecule is COc1ccccc1OCC(=O)N(Cc1c(Cl)cccc1Cl)C(C)C(=O)NC1CCCC1. The van der Waals surface area contributed by atoms with Gasteiger partial charge in [0.05, 0.1) is 7.11 Å². The maximum Gasteiger partial charge on any atom is 0.261 e. The standard InChI is InChI=1S/C24H28Cl2N2O4/c1-16(24(30)27-17-8-3-4-9-17)28(14-18-19(25)10-7-11-20(18)26)23(29)15-32-22-13-6-5-12-21(22)31-2/h5-7,10-13,16-17H,3-4,8-9,14-15H2,1-2H3,(H,27,30). The highest BCUT2D eigenvalue weighted by Gasteiger charge is 2.29. The summed E-state index contributed by atoms with van der Waals surface area (Å²) >= 11 is 12.7. The predicted molar refractivity (Wildman–Crippen MR) is 125 cm³/mol. The average molecular weight is 479 g/mol. The number of hydrogen-bond acceptors (Lipinski definition) is 4. The molecule has 0 spiro atoms. The van der Waals surface area contributed by atoms with E-state index in [-0.39, 0.29) is 31.0 Å². The van der Waals surface area contributed by atoms with E-state index in [1.54, 1.807) is 43.3 Å². The van der Waals surface area contributed by atoms with Crippen LogP contribution in [0.2, 0.25) is 10.0 Å². The molecule has 1 fully saturated rings. The van der Waals surface area contributed by atoms with E-state index in [1.807, 2.05) is 6.07 Å². The van der Waals surface area contributed by atoms with Crippen LogP contribution < -0.4 is 14.8 Å². The Labute approximate surface area is 198 Å². The highest BCUT2D eigenvalue weighted by Crippen LogP contribution is 2.28. The third kappa shape index (κ3) is 6.08. The number of rotatable bonds is 9. The summed E-state index contributed by atoms with van der Waals surface area (Å²) in [5.41, 5.74) is 0.585. The molecule has 32 heavy (non-hydrogen) atoms. The molecule has 1 unspecified atom stereocenters. The molecule has 8 heteroatoms. The lowest BCUT2D eigenvalue weighted by Gasteiger charge is -2.30. The monoisotopic (exact) mass is 478 g/mol. The lowest BCUT2D eigenvalue weighted by Crippen LogP contribution is -2.50. The molecule has 1 aliphatic carbocycles. The number of hydrogen-bond donors (Lipinski definition) is 1. The quantitative estimate of drug-likeness (QED) is 0.558. The zero-order valence-electron chi connectivity index (χ0n) is 18.3. The number of para-hydroxylation sites is 2. The summed E-state index contributed by atoms with van der Waals surface area (Å²) in [6.07, 6.45) is 4.12. The Morgan fingerprint density at radius 2 is 1.69 bits per heavy atom. The Kier molecular flexibility index (Phi) is 8.65. The maximum absolute atomic E-state index is 13.2. The number of benzene rings is 2. The van der Waals surface area contributed by atoms with E-state index in [0.29, 0.717) is 27.1 Å². The number of carbonyl (C=O) groups excluding carboxylic acids is 2. The molecular weight excluding hydrogens is 451 g/mol. The van der Waals surface area contributed by atoms with Crippen molar-refractivity contribution in [2.24, 2.45) is 0 Å². The minimum Gasteiger partial charge on any atom is -0.493 e. The van der Waals surface area contributed by atoms with E-state index in [2.05, 4.69) is 5.32 Å². The normalized spacial score (nSPS) is 14.6. The first-order valence-electron chi connectivity index (χ1n) is 10.7. The van der Waals surface area contributed by atoms with Crippen LogP contribution in [0.25, 0.3) is 0 Å². The van der Waals surface area contributed by atoms with Crippen LogP contribution >= 0.6 is 23.2 Å². The molecule has 1 aliphatic rings. The molecule has 2 amide bonds. The Morgan fingerprint density at radius 3 is 2.31 bits per heavy atom. The molecule has 1 N–H and O–H groups in total. The Balaban J connectivity index is 1.78. The third-order valence-electron chi connectivity index (χ3n) is 5.68. The molecule has 6 nitrogen and oxygen atoms in total. The first-order valence-corrected chi connectivity index (χ1v) is 11.4. The summed E-state index contributed by atoms with van der Waals surface area (Å²) in [6, 6.07) is 11.7. The van der Waals surface area contributed by atoms with Crippen LogP contribution in [-0.4, -0.2) is 42.5 Å². The molecule has 3 rings (SSSR count). The highest BCUT2D eigenvalue weighted by molar-refractivity contribution is 6.36. The van der Waals surface area contributed by atoms with E-state index in [9.17, 15) is 9.59 Å². The summed E-state index contributed by atoms with van der Waals surface area (Å²) in [4.78, 5) is 27.6. The molecule has 0 saturated heterocycles. The number of halogens is 2. The average Bonchev–Trinajstić information content (AvgIpc) is 3.30. The fourth-order valence-electron chi connectivity index (χ4n) is 3.79. The zero-order chi connectivity index (χ0) is 23.1. The van der Waals surface area contributed by atoms with Gasteiger partial charge in [0.15, 0.2) is 18.1 Å². The second kappa shape index (κ2) is 11.4. The minimum absolute atomic E-state index is 0.0892. The lowest BCUT2D eigenvalue weighted by molar-refractivity contribution is -0.142. The molecular formula is C24H28Cl2N2O4. The summed E-state index contributed by atoms with van der Waals surface area (Å²) < 4.78 is 11.0. The van der Waals surface area contributed by atoms with Gasteiger partial charge < -0.3 is 19.7 Å². The predicted octanol–water partition coefficient (Wildman–Crippen LogP) is 4.86. The summed E-state index contributed by atoms with van der Waals surface area (Å²) in [5, 5.41) is 3.93. The second-order valence-electron chi connectivity index (χ2n) is 7.83. The van der Waals surface area contributed by atoms with Gasteiger partial charge in [0.25, 0.3) is 5.91 Å². The van der Waals surface area contributed by atoms with E-state index < -0.39 is 6.04 Å². The largest absolute Gasteiger partial charge is 0.493 e. The topological polar surface area (TPSA) is 67.9 Å².